The summed E-state index contributed by atoms with van der Waals surface area (Å²) >= 11 is 0. The average Bonchev–Trinajstić information content (AvgIpc) is 2.62. The maximum Gasteiger partial charge on any atom is 0.306 e. The van der Waals surface area contributed by atoms with Gasteiger partial charge in [-0.3, -0.25) is 9.59 Å². The number of sulfonamides is 1. The number of nitrogens with two attached hydrogens (primary N) is 1. The van der Waals surface area contributed by atoms with Gasteiger partial charge in [0.1, 0.15) is 0 Å². The van der Waals surface area contributed by atoms with Crippen LogP contribution in [0.1, 0.15) is 51.0 Å². The highest BCUT2D eigenvalue weighted by atomic mass is 32.2. The quantitative estimate of drug-likeness (QED) is 0.651. The molecular formula is C19H28N2O5S. The Labute approximate surface area is 160 Å². The Morgan fingerprint density at radius 2 is 1.81 bits per heavy atom. The monoisotopic (exact) mass is 396 g/mol. The molecule has 0 aliphatic heterocycles. The fourth-order valence-electron chi connectivity index (χ4n) is 3.25. The van der Waals surface area contributed by atoms with E-state index in [9.17, 15) is 18.0 Å². The predicted octanol–water partition coefficient (Wildman–Crippen LogP) is 1.89. The minimum atomic E-state index is -3.71. The summed E-state index contributed by atoms with van der Waals surface area (Å²) in [4.78, 5) is 24.1. The highest BCUT2D eigenvalue weighted by Gasteiger charge is 2.22. The summed E-state index contributed by atoms with van der Waals surface area (Å²) in [6.07, 6.45) is 5.74. The average molecular weight is 397 g/mol. The number of amides is 1. The van der Waals surface area contributed by atoms with E-state index in [-0.39, 0.29) is 16.8 Å². The Balaban J connectivity index is 1.70. The van der Waals surface area contributed by atoms with Crippen molar-refractivity contribution in [1.82, 2.24) is 5.32 Å². The fourth-order valence-corrected chi connectivity index (χ4v) is 3.76. The summed E-state index contributed by atoms with van der Waals surface area (Å²) in [7, 11) is -3.71. The molecule has 1 saturated carbocycles. The lowest BCUT2D eigenvalue weighted by Gasteiger charge is -2.21. The second kappa shape index (κ2) is 9.85. The largest absolute Gasteiger partial charge is 0.453 e. The summed E-state index contributed by atoms with van der Waals surface area (Å²) in [5.41, 5.74) is 0.865. The minimum absolute atomic E-state index is 0.0498. The summed E-state index contributed by atoms with van der Waals surface area (Å²) in [5, 5.41) is 7.78. The van der Waals surface area contributed by atoms with Gasteiger partial charge in [-0.25, -0.2) is 13.6 Å². The van der Waals surface area contributed by atoms with Gasteiger partial charge in [0.15, 0.2) is 6.10 Å². The first-order valence-electron chi connectivity index (χ1n) is 9.34. The zero-order valence-corrected chi connectivity index (χ0v) is 16.5. The molecule has 2 rings (SSSR count). The Hall–Kier alpha value is -1.93. The number of carbonyl (C=O) groups is 2. The summed E-state index contributed by atoms with van der Waals surface area (Å²) < 4.78 is 27.7. The lowest BCUT2D eigenvalue weighted by atomic mass is 9.87. The van der Waals surface area contributed by atoms with Gasteiger partial charge < -0.3 is 10.1 Å². The molecule has 0 heterocycles. The fraction of sp³-hybridized carbons (Fsp3) is 0.579. The number of nitrogens with one attached hydrogen (secondary N) is 1. The van der Waals surface area contributed by atoms with Crippen molar-refractivity contribution in [3.8, 4) is 0 Å². The van der Waals surface area contributed by atoms with Gasteiger partial charge in [-0.2, -0.15) is 0 Å². The van der Waals surface area contributed by atoms with Crippen LogP contribution in [0.5, 0.6) is 0 Å². The zero-order chi connectivity index (χ0) is 19.9. The van der Waals surface area contributed by atoms with E-state index in [1.165, 1.54) is 18.6 Å². The number of primary sulfonamides is 1. The molecule has 8 heteroatoms. The second-order valence-electron chi connectivity index (χ2n) is 7.07. The van der Waals surface area contributed by atoms with Crippen molar-refractivity contribution in [3.05, 3.63) is 29.8 Å². The van der Waals surface area contributed by atoms with E-state index in [2.05, 4.69) is 5.32 Å². The molecule has 1 aliphatic carbocycles. The van der Waals surface area contributed by atoms with Gasteiger partial charge in [-0.15, -0.1) is 0 Å². The number of ether oxygens (including phenoxy) is 1. The summed E-state index contributed by atoms with van der Waals surface area (Å²) in [6, 6.07) is 6.17. The number of esters is 1. The standard InChI is InChI=1S/C19H28N2O5S/c1-14(26-18(22)13-16-5-3-2-4-6-16)19(23)21-12-11-15-7-9-17(10-8-15)27(20,24)25/h7-10,14,16H,2-6,11-13H2,1H3,(H,21,23)(H2,20,24,25). The third-order valence-corrected chi connectivity index (χ3v) is 5.75. The van der Waals surface area contributed by atoms with Crippen molar-refractivity contribution < 1.29 is 22.7 Å². The molecule has 0 bridgehead atoms. The minimum Gasteiger partial charge on any atom is -0.453 e. The second-order valence-corrected chi connectivity index (χ2v) is 8.63. The Morgan fingerprint density at radius 3 is 2.41 bits per heavy atom. The van der Waals surface area contributed by atoms with E-state index in [1.54, 1.807) is 19.1 Å². The third-order valence-electron chi connectivity index (χ3n) is 4.82. The molecule has 1 amide bonds. The van der Waals surface area contributed by atoms with Crippen molar-refractivity contribution >= 4 is 21.9 Å². The van der Waals surface area contributed by atoms with E-state index in [1.807, 2.05) is 0 Å². The first kappa shape index (κ1) is 21.4. The number of hydrogen-bond acceptors (Lipinski definition) is 5. The smallest absolute Gasteiger partial charge is 0.306 e. The van der Waals surface area contributed by atoms with E-state index < -0.39 is 16.1 Å². The van der Waals surface area contributed by atoms with Gasteiger partial charge in [0.2, 0.25) is 10.0 Å². The Bertz CT molecular complexity index is 740. The molecule has 1 unspecified atom stereocenters. The topological polar surface area (TPSA) is 116 Å². The van der Waals surface area contributed by atoms with Crippen LogP contribution < -0.4 is 10.5 Å². The molecule has 3 N–H and O–H groups in total. The van der Waals surface area contributed by atoms with Gasteiger partial charge >= 0.3 is 5.97 Å². The molecule has 1 aromatic rings. The highest BCUT2D eigenvalue weighted by Crippen LogP contribution is 2.26. The molecule has 7 nitrogen and oxygen atoms in total. The normalized spacial score (nSPS) is 16.5. The van der Waals surface area contributed by atoms with Crippen molar-refractivity contribution in [1.29, 1.82) is 0 Å². The third kappa shape index (κ3) is 7.30. The van der Waals surface area contributed by atoms with Crippen LogP contribution in [0.2, 0.25) is 0 Å². The summed E-state index contributed by atoms with van der Waals surface area (Å²) in [5.74, 6) is -0.280. The van der Waals surface area contributed by atoms with Crippen LogP contribution in [0.15, 0.2) is 29.2 Å². The lowest BCUT2D eigenvalue weighted by Crippen LogP contribution is -2.37. The van der Waals surface area contributed by atoms with E-state index in [0.29, 0.717) is 25.3 Å². The first-order valence-corrected chi connectivity index (χ1v) is 10.9. The van der Waals surface area contributed by atoms with Gasteiger partial charge in [0.25, 0.3) is 5.91 Å². The molecule has 1 aromatic carbocycles. The molecule has 1 aliphatic rings. The van der Waals surface area contributed by atoms with Crippen LogP contribution in [-0.4, -0.2) is 32.9 Å². The SMILES string of the molecule is CC(OC(=O)CC1CCCCC1)C(=O)NCCc1ccc(S(N)(=O)=O)cc1. The van der Waals surface area contributed by atoms with Crippen LogP contribution >= 0.6 is 0 Å². The van der Waals surface area contributed by atoms with Gasteiger partial charge in [0, 0.05) is 13.0 Å². The Kier molecular flexibility index (Phi) is 7.79. The molecule has 150 valence electrons. The number of benzene rings is 1. The first-order chi connectivity index (χ1) is 12.8. The molecule has 0 saturated heterocycles. The zero-order valence-electron chi connectivity index (χ0n) is 15.6. The van der Waals surface area contributed by atoms with Gasteiger partial charge in [-0.1, -0.05) is 31.4 Å². The Morgan fingerprint density at radius 1 is 1.19 bits per heavy atom. The van der Waals surface area contributed by atoms with Crippen LogP contribution in [-0.2, 0) is 30.8 Å². The van der Waals surface area contributed by atoms with Crippen molar-refractivity contribution in [2.75, 3.05) is 6.54 Å². The molecular weight excluding hydrogens is 368 g/mol. The molecule has 0 radical (unpaired) electrons. The van der Waals surface area contributed by atoms with Crippen LogP contribution in [0.3, 0.4) is 0 Å². The summed E-state index contributed by atoms with van der Waals surface area (Å²) in [6.45, 7) is 1.92. The number of rotatable bonds is 8. The van der Waals surface area contributed by atoms with E-state index in [4.69, 9.17) is 9.88 Å². The van der Waals surface area contributed by atoms with E-state index in [0.717, 1.165) is 31.2 Å². The van der Waals surface area contributed by atoms with Crippen molar-refractivity contribution in [2.24, 2.45) is 11.1 Å². The molecule has 0 spiro atoms. The molecule has 1 fully saturated rings. The lowest BCUT2D eigenvalue weighted by molar-refractivity contribution is -0.155. The van der Waals surface area contributed by atoms with Crippen LogP contribution in [0.25, 0.3) is 0 Å². The van der Waals surface area contributed by atoms with Crippen molar-refractivity contribution in [3.63, 3.8) is 0 Å². The van der Waals surface area contributed by atoms with Gasteiger partial charge in [0.05, 0.1) is 4.90 Å². The molecule has 0 aromatic heterocycles. The number of carbonyl (C=O) groups excluding carboxylic acids is 2. The highest BCUT2D eigenvalue weighted by molar-refractivity contribution is 7.89. The van der Waals surface area contributed by atoms with Crippen LogP contribution in [0, 0.1) is 5.92 Å². The van der Waals surface area contributed by atoms with E-state index >= 15 is 0 Å². The molecule has 1 atom stereocenters. The van der Waals surface area contributed by atoms with Crippen LogP contribution in [0.4, 0.5) is 0 Å². The van der Waals surface area contributed by atoms with Crippen molar-refractivity contribution in [2.45, 2.75) is 62.9 Å². The number of hydrogen-bond donors (Lipinski definition) is 2. The van der Waals surface area contributed by atoms with Gasteiger partial charge in [-0.05, 0) is 49.8 Å². The maximum atomic E-state index is 12.1. The predicted molar refractivity (Wildman–Crippen MR) is 101 cm³/mol. The maximum absolute atomic E-state index is 12.1. The molecule has 27 heavy (non-hydrogen) atoms.